The van der Waals surface area contributed by atoms with Gasteiger partial charge in [0.1, 0.15) is 5.82 Å². The molecule has 1 N–H and O–H groups in total. The summed E-state index contributed by atoms with van der Waals surface area (Å²) in [5, 5.41) is 3.44. The van der Waals surface area contributed by atoms with Crippen LogP contribution < -0.4 is 10.2 Å². The molecule has 0 bridgehead atoms. The van der Waals surface area contributed by atoms with Gasteiger partial charge in [0.05, 0.1) is 0 Å². The third-order valence-corrected chi connectivity index (χ3v) is 3.75. The van der Waals surface area contributed by atoms with Crippen LogP contribution in [0.4, 0.5) is 10.1 Å². The summed E-state index contributed by atoms with van der Waals surface area (Å²) in [6.45, 7) is 6.28. The Morgan fingerprint density at radius 2 is 2.19 bits per heavy atom. The number of nitrogens with one attached hydrogen (secondary N) is 1. The van der Waals surface area contributed by atoms with Crippen molar-refractivity contribution in [2.75, 3.05) is 18.0 Å². The van der Waals surface area contributed by atoms with Gasteiger partial charge in [-0.2, -0.15) is 0 Å². The Morgan fingerprint density at radius 1 is 1.38 bits per heavy atom. The predicted octanol–water partition coefficient (Wildman–Crippen LogP) is 1.86. The molecule has 2 atom stereocenters. The quantitative estimate of drug-likeness (QED) is 0.718. The molecule has 3 heteroatoms. The minimum Gasteiger partial charge on any atom is -0.363 e. The summed E-state index contributed by atoms with van der Waals surface area (Å²) in [6.07, 6.45) is 0.977. The van der Waals surface area contributed by atoms with Crippen LogP contribution in [0.3, 0.4) is 0 Å². The Labute approximate surface area is 95.4 Å². The van der Waals surface area contributed by atoms with Crippen molar-refractivity contribution in [3.63, 3.8) is 0 Å². The molecule has 3 rings (SSSR count). The Hall–Kier alpha value is -1.09. The SMILES string of the molecule is Cc1cc(F)cc2c1N1[C@@H](CNC[C@H]1C)C2. The Bertz CT molecular complexity index is 430. The van der Waals surface area contributed by atoms with Crippen molar-refractivity contribution >= 4 is 5.69 Å². The van der Waals surface area contributed by atoms with Crippen LogP contribution in [-0.4, -0.2) is 25.2 Å². The van der Waals surface area contributed by atoms with Gasteiger partial charge < -0.3 is 10.2 Å². The molecular formula is C13H17FN2. The van der Waals surface area contributed by atoms with Gasteiger partial charge in [-0.25, -0.2) is 4.39 Å². The van der Waals surface area contributed by atoms with E-state index >= 15 is 0 Å². The predicted molar refractivity (Wildman–Crippen MR) is 63.4 cm³/mol. The lowest BCUT2D eigenvalue weighted by Crippen LogP contribution is -2.55. The second kappa shape index (κ2) is 3.45. The van der Waals surface area contributed by atoms with Crippen LogP contribution in [0, 0.1) is 12.7 Å². The van der Waals surface area contributed by atoms with Crippen molar-refractivity contribution in [3.8, 4) is 0 Å². The summed E-state index contributed by atoms with van der Waals surface area (Å²) < 4.78 is 13.4. The molecule has 1 aromatic rings. The van der Waals surface area contributed by atoms with E-state index in [1.807, 2.05) is 6.92 Å². The Morgan fingerprint density at radius 3 is 3.00 bits per heavy atom. The van der Waals surface area contributed by atoms with Crippen molar-refractivity contribution in [1.29, 1.82) is 0 Å². The van der Waals surface area contributed by atoms with Crippen LogP contribution in [0.1, 0.15) is 18.1 Å². The number of nitrogens with zero attached hydrogens (tertiary/aromatic N) is 1. The van der Waals surface area contributed by atoms with Gasteiger partial charge in [0.15, 0.2) is 0 Å². The molecule has 1 aromatic carbocycles. The fourth-order valence-corrected chi connectivity index (χ4v) is 3.17. The lowest BCUT2D eigenvalue weighted by molar-refractivity contribution is 0.429. The third-order valence-electron chi connectivity index (χ3n) is 3.75. The van der Waals surface area contributed by atoms with Gasteiger partial charge in [-0.3, -0.25) is 0 Å². The van der Waals surface area contributed by atoms with Gasteiger partial charge in [-0.15, -0.1) is 0 Å². The summed E-state index contributed by atoms with van der Waals surface area (Å²) >= 11 is 0. The van der Waals surface area contributed by atoms with Gasteiger partial charge in [-0.1, -0.05) is 0 Å². The highest BCUT2D eigenvalue weighted by atomic mass is 19.1. The molecule has 1 saturated heterocycles. The van der Waals surface area contributed by atoms with Crippen molar-refractivity contribution in [3.05, 3.63) is 29.1 Å². The normalized spacial score (nSPS) is 27.8. The van der Waals surface area contributed by atoms with Crippen LogP contribution in [0.15, 0.2) is 12.1 Å². The molecule has 0 saturated carbocycles. The van der Waals surface area contributed by atoms with E-state index in [1.54, 1.807) is 12.1 Å². The maximum absolute atomic E-state index is 13.4. The molecule has 0 radical (unpaired) electrons. The lowest BCUT2D eigenvalue weighted by atomic mass is 10.1. The first kappa shape index (κ1) is 10.1. The van der Waals surface area contributed by atoms with E-state index in [1.165, 1.54) is 11.3 Å². The number of hydrogen-bond donors (Lipinski definition) is 1. The first-order chi connectivity index (χ1) is 7.66. The second-order valence-electron chi connectivity index (χ2n) is 5.00. The molecule has 2 aliphatic rings. The largest absolute Gasteiger partial charge is 0.363 e. The van der Waals surface area contributed by atoms with Crippen LogP contribution in [0.5, 0.6) is 0 Å². The minimum atomic E-state index is -0.100. The zero-order valence-electron chi connectivity index (χ0n) is 9.76. The summed E-state index contributed by atoms with van der Waals surface area (Å²) in [5.74, 6) is -0.100. The molecule has 2 heterocycles. The fourth-order valence-electron chi connectivity index (χ4n) is 3.17. The first-order valence-electron chi connectivity index (χ1n) is 5.95. The van der Waals surface area contributed by atoms with Gasteiger partial charge >= 0.3 is 0 Å². The molecule has 0 unspecified atom stereocenters. The summed E-state index contributed by atoms with van der Waals surface area (Å²) in [6, 6.07) is 4.37. The smallest absolute Gasteiger partial charge is 0.123 e. The molecule has 86 valence electrons. The number of aryl methyl sites for hydroxylation is 1. The van der Waals surface area contributed by atoms with Crippen molar-refractivity contribution < 1.29 is 4.39 Å². The first-order valence-corrected chi connectivity index (χ1v) is 5.95. The maximum atomic E-state index is 13.4. The number of fused-ring (bicyclic) bond motifs is 3. The molecule has 0 aromatic heterocycles. The third kappa shape index (κ3) is 1.34. The summed E-state index contributed by atoms with van der Waals surface area (Å²) in [7, 11) is 0. The fraction of sp³-hybridized carbons (Fsp3) is 0.538. The maximum Gasteiger partial charge on any atom is 0.123 e. The Kier molecular flexibility index (Phi) is 2.18. The monoisotopic (exact) mass is 220 g/mol. The number of halogens is 1. The molecule has 2 nitrogen and oxygen atoms in total. The summed E-state index contributed by atoms with van der Waals surface area (Å²) in [5.41, 5.74) is 3.53. The van der Waals surface area contributed by atoms with E-state index in [4.69, 9.17) is 0 Å². The molecule has 2 aliphatic heterocycles. The topological polar surface area (TPSA) is 15.3 Å². The van der Waals surface area contributed by atoms with E-state index in [0.29, 0.717) is 12.1 Å². The summed E-state index contributed by atoms with van der Waals surface area (Å²) in [4.78, 5) is 2.47. The van der Waals surface area contributed by atoms with E-state index in [2.05, 4.69) is 17.1 Å². The van der Waals surface area contributed by atoms with Crippen LogP contribution >= 0.6 is 0 Å². The average molecular weight is 220 g/mol. The number of piperazine rings is 1. The molecule has 0 spiro atoms. The molecule has 0 amide bonds. The minimum absolute atomic E-state index is 0.100. The van der Waals surface area contributed by atoms with Gasteiger partial charge in [0.2, 0.25) is 0 Å². The Balaban J connectivity index is 2.10. The molecule has 16 heavy (non-hydrogen) atoms. The van der Waals surface area contributed by atoms with Crippen molar-refractivity contribution in [2.24, 2.45) is 0 Å². The average Bonchev–Trinajstić information content (AvgIpc) is 2.56. The zero-order valence-corrected chi connectivity index (χ0v) is 9.76. The van der Waals surface area contributed by atoms with Crippen molar-refractivity contribution in [1.82, 2.24) is 5.32 Å². The van der Waals surface area contributed by atoms with Gasteiger partial charge in [0, 0.05) is 30.9 Å². The number of anilines is 1. The lowest BCUT2D eigenvalue weighted by Gasteiger charge is -2.39. The highest BCUT2D eigenvalue weighted by Gasteiger charge is 2.36. The van der Waals surface area contributed by atoms with Crippen LogP contribution in [0.25, 0.3) is 0 Å². The standard InChI is InChI=1S/C13H17FN2/c1-8-3-11(14)4-10-5-12-7-15-6-9(2)16(12)13(8)10/h3-4,9,12,15H,5-7H2,1-2H3/t9-,12-/m1/s1. The van der Waals surface area contributed by atoms with Gasteiger partial charge in [0.25, 0.3) is 0 Å². The van der Waals surface area contributed by atoms with Crippen molar-refractivity contribution in [2.45, 2.75) is 32.4 Å². The van der Waals surface area contributed by atoms with E-state index in [9.17, 15) is 4.39 Å². The van der Waals surface area contributed by atoms with Crippen LogP contribution in [-0.2, 0) is 6.42 Å². The number of benzene rings is 1. The highest BCUT2D eigenvalue weighted by Crippen LogP contribution is 2.38. The second-order valence-corrected chi connectivity index (χ2v) is 5.00. The highest BCUT2D eigenvalue weighted by molar-refractivity contribution is 5.65. The zero-order chi connectivity index (χ0) is 11.3. The van der Waals surface area contributed by atoms with Gasteiger partial charge in [-0.05, 0) is 43.5 Å². The van der Waals surface area contributed by atoms with E-state index < -0.39 is 0 Å². The van der Waals surface area contributed by atoms with E-state index in [-0.39, 0.29) is 5.82 Å². The number of rotatable bonds is 0. The molecular weight excluding hydrogens is 203 g/mol. The van der Waals surface area contributed by atoms with Crippen LogP contribution in [0.2, 0.25) is 0 Å². The molecule has 0 aliphatic carbocycles. The number of hydrogen-bond acceptors (Lipinski definition) is 2. The van der Waals surface area contributed by atoms with E-state index in [0.717, 1.165) is 25.1 Å². The molecule has 1 fully saturated rings.